The lowest BCUT2D eigenvalue weighted by Crippen LogP contribution is -2.32. The summed E-state index contributed by atoms with van der Waals surface area (Å²) in [7, 11) is 1.76. The Morgan fingerprint density at radius 1 is 1.18 bits per heavy atom. The van der Waals surface area contributed by atoms with Crippen molar-refractivity contribution in [2.24, 2.45) is 0 Å². The molecule has 146 valence electrons. The van der Waals surface area contributed by atoms with Crippen molar-refractivity contribution in [3.8, 4) is 0 Å². The molecule has 1 atom stereocenters. The van der Waals surface area contributed by atoms with Crippen molar-refractivity contribution >= 4 is 28.4 Å². The van der Waals surface area contributed by atoms with Crippen LogP contribution in [-0.4, -0.2) is 46.5 Å². The van der Waals surface area contributed by atoms with E-state index in [4.69, 9.17) is 9.72 Å². The van der Waals surface area contributed by atoms with E-state index in [1.165, 1.54) is 6.42 Å². The molecular weight excluding hydrogens is 352 g/mol. The van der Waals surface area contributed by atoms with Crippen molar-refractivity contribution in [1.82, 2.24) is 20.2 Å². The molecule has 0 saturated carbocycles. The average molecular weight is 378 g/mol. The third-order valence-electron chi connectivity index (χ3n) is 5.19. The number of hydrogen-bond donors (Lipinski definition) is 1. The molecule has 3 aromatic rings. The minimum absolute atomic E-state index is 0.396. The van der Waals surface area contributed by atoms with Crippen LogP contribution < -0.4 is 10.2 Å². The number of nitrogens with one attached hydrogen (secondary N) is 1. The fraction of sp³-hybridized carbons (Fsp3) is 0.429. The Labute approximate surface area is 165 Å². The van der Waals surface area contributed by atoms with Crippen LogP contribution in [0.25, 0.3) is 11.0 Å². The van der Waals surface area contributed by atoms with Gasteiger partial charge in [0.2, 0.25) is 0 Å². The van der Waals surface area contributed by atoms with E-state index in [0.29, 0.717) is 17.8 Å². The highest BCUT2D eigenvalue weighted by Gasteiger charge is 2.25. The Balaban J connectivity index is 1.60. The molecular formula is C21H26N6O. The Kier molecular flexibility index (Phi) is 5.34. The van der Waals surface area contributed by atoms with Gasteiger partial charge in [0.25, 0.3) is 0 Å². The van der Waals surface area contributed by atoms with Gasteiger partial charge in [0.1, 0.15) is 5.82 Å². The van der Waals surface area contributed by atoms with Crippen LogP contribution in [0.4, 0.5) is 17.3 Å². The summed E-state index contributed by atoms with van der Waals surface area (Å²) < 4.78 is 5.38. The number of pyridine rings is 2. The van der Waals surface area contributed by atoms with Crippen LogP contribution in [-0.2, 0) is 4.74 Å². The second-order valence-electron chi connectivity index (χ2n) is 7.53. The summed E-state index contributed by atoms with van der Waals surface area (Å²) in [6, 6.07) is 8.42. The lowest BCUT2D eigenvalue weighted by atomic mass is 10.1. The number of hydrogen-bond acceptors (Lipinski definition) is 7. The summed E-state index contributed by atoms with van der Waals surface area (Å²) >= 11 is 0. The maximum atomic E-state index is 5.38. The predicted octanol–water partition coefficient (Wildman–Crippen LogP) is 3.90. The van der Waals surface area contributed by atoms with Gasteiger partial charge in [-0.15, -0.1) is 5.10 Å². The first kappa shape index (κ1) is 18.6. The molecule has 1 fully saturated rings. The largest absolute Gasteiger partial charge is 0.383 e. The van der Waals surface area contributed by atoms with Gasteiger partial charge in [-0.05, 0) is 48.6 Å². The molecule has 0 aliphatic carbocycles. The maximum absolute atomic E-state index is 5.38. The van der Waals surface area contributed by atoms with E-state index in [9.17, 15) is 0 Å². The number of fused-ring (bicyclic) bond motifs is 1. The number of ether oxygens (including phenoxy) is 1. The van der Waals surface area contributed by atoms with Gasteiger partial charge in [0.15, 0.2) is 5.82 Å². The predicted molar refractivity (Wildman–Crippen MR) is 111 cm³/mol. The fourth-order valence-electron chi connectivity index (χ4n) is 3.65. The van der Waals surface area contributed by atoms with Crippen LogP contribution in [0.5, 0.6) is 0 Å². The standard InChI is InChI=1S/C21H26N6O/c1-14(2)15-9-21(26-23-11-15)25-20-7-6-18-19(24-20)10-17(12-22-18)27-8-4-5-16(27)13-28-3/h6-7,9-12,14,16H,4-5,8,13H2,1-3H3,(H,24,25,26). The van der Waals surface area contributed by atoms with Crippen LogP contribution in [0.3, 0.4) is 0 Å². The van der Waals surface area contributed by atoms with Crippen molar-refractivity contribution in [1.29, 1.82) is 0 Å². The maximum Gasteiger partial charge on any atom is 0.154 e. The quantitative estimate of drug-likeness (QED) is 0.697. The van der Waals surface area contributed by atoms with E-state index in [0.717, 1.165) is 47.7 Å². The van der Waals surface area contributed by atoms with Crippen LogP contribution in [0.2, 0.25) is 0 Å². The third kappa shape index (κ3) is 3.89. The lowest BCUT2D eigenvalue weighted by Gasteiger charge is -2.26. The van der Waals surface area contributed by atoms with Gasteiger partial charge in [-0.3, -0.25) is 4.98 Å². The minimum Gasteiger partial charge on any atom is -0.383 e. The van der Waals surface area contributed by atoms with E-state index in [1.54, 1.807) is 13.3 Å². The van der Waals surface area contributed by atoms with Gasteiger partial charge in [-0.2, -0.15) is 5.10 Å². The second-order valence-corrected chi connectivity index (χ2v) is 7.53. The third-order valence-corrected chi connectivity index (χ3v) is 5.19. The van der Waals surface area contributed by atoms with E-state index < -0.39 is 0 Å². The molecule has 0 spiro atoms. The van der Waals surface area contributed by atoms with Crippen LogP contribution >= 0.6 is 0 Å². The Bertz CT molecular complexity index is 961. The normalized spacial score (nSPS) is 16.9. The lowest BCUT2D eigenvalue weighted by molar-refractivity contribution is 0.181. The summed E-state index contributed by atoms with van der Waals surface area (Å²) in [6.07, 6.45) is 6.05. The van der Waals surface area contributed by atoms with Crippen molar-refractivity contribution in [3.63, 3.8) is 0 Å². The van der Waals surface area contributed by atoms with Crippen LogP contribution in [0, 0.1) is 0 Å². The zero-order chi connectivity index (χ0) is 19.5. The van der Waals surface area contributed by atoms with Crippen molar-refractivity contribution in [2.45, 2.75) is 38.6 Å². The van der Waals surface area contributed by atoms with Crippen LogP contribution in [0.15, 0.2) is 36.7 Å². The van der Waals surface area contributed by atoms with Gasteiger partial charge in [0, 0.05) is 13.7 Å². The van der Waals surface area contributed by atoms with Gasteiger partial charge >= 0.3 is 0 Å². The smallest absolute Gasteiger partial charge is 0.154 e. The molecule has 28 heavy (non-hydrogen) atoms. The molecule has 0 bridgehead atoms. The number of methoxy groups -OCH3 is 1. The van der Waals surface area contributed by atoms with E-state index in [1.807, 2.05) is 24.4 Å². The number of rotatable bonds is 6. The van der Waals surface area contributed by atoms with Gasteiger partial charge in [-0.1, -0.05) is 13.8 Å². The zero-order valence-electron chi connectivity index (χ0n) is 16.6. The van der Waals surface area contributed by atoms with Crippen molar-refractivity contribution in [2.75, 3.05) is 30.5 Å². The summed E-state index contributed by atoms with van der Waals surface area (Å²) in [4.78, 5) is 11.7. The fourth-order valence-corrected chi connectivity index (χ4v) is 3.65. The van der Waals surface area contributed by atoms with Crippen LogP contribution in [0.1, 0.15) is 38.2 Å². The SMILES string of the molecule is COCC1CCCN1c1cnc2ccc(Nc3cc(C(C)C)cnn3)nc2c1. The average Bonchev–Trinajstić information content (AvgIpc) is 3.16. The molecule has 3 aromatic heterocycles. The minimum atomic E-state index is 0.396. The molecule has 4 rings (SSSR count). The second kappa shape index (κ2) is 8.06. The molecule has 0 amide bonds. The highest BCUT2D eigenvalue weighted by atomic mass is 16.5. The molecule has 1 aliphatic rings. The molecule has 7 heteroatoms. The summed E-state index contributed by atoms with van der Waals surface area (Å²) in [5, 5.41) is 11.5. The molecule has 0 aromatic carbocycles. The molecule has 1 aliphatic heterocycles. The number of aromatic nitrogens is 4. The number of anilines is 3. The highest BCUT2D eigenvalue weighted by Crippen LogP contribution is 2.28. The zero-order valence-corrected chi connectivity index (χ0v) is 16.6. The van der Waals surface area contributed by atoms with E-state index in [-0.39, 0.29) is 0 Å². The summed E-state index contributed by atoms with van der Waals surface area (Å²) in [5.74, 6) is 1.83. The van der Waals surface area contributed by atoms with Crippen molar-refractivity contribution < 1.29 is 4.74 Å². The first-order valence-corrected chi connectivity index (χ1v) is 9.76. The Hall–Kier alpha value is -2.80. The first-order valence-electron chi connectivity index (χ1n) is 9.76. The van der Waals surface area contributed by atoms with Gasteiger partial charge < -0.3 is 15.0 Å². The molecule has 1 N–H and O–H groups in total. The Morgan fingerprint density at radius 2 is 2.07 bits per heavy atom. The van der Waals surface area contributed by atoms with E-state index >= 15 is 0 Å². The monoisotopic (exact) mass is 378 g/mol. The van der Waals surface area contributed by atoms with E-state index in [2.05, 4.69) is 45.3 Å². The molecule has 1 unspecified atom stereocenters. The van der Waals surface area contributed by atoms with Gasteiger partial charge in [0.05, 0.1) is 41.8 Å². The molecule has 1 saturated heterocycles. The first-order chi connectivity index (χ1) is 13.6. The topological polar surface area (TPSA) is 76.1 Å². The van der Waals surface area contributed by atoms with Crippen molar-refractivity contribution in [3.05, 3.63) is 42.2 Å². The summed E-state index contributed by atoms with van der Waals surface area (Å²) in [6.45, 7) is 6.03. The highest BCUT2D eigenvalue weighted by molar-refractivity contribution is 5.80. The summed E-state index contributed by atoms with van der Waals surface area (Å²) in [5.41, 5.74) is 3.97. The Morgan fingerprint density at radius 3 is 2.89 bits per heavy atom. The van der Waals surface area contributed by atoms with Gasteiger partial charge in [-0.25, -0.2) is 4.98 Å². The molecule has 4 heterocycles. The number of nitrogens with zero attached hydrogens (tertiary/aromatic N) is 5. The molecule has 0 radical (unpaired) electrons. The molecule has 7 nitrogen and oxygen atoms in total.